The molecule has 0 aliphatic heterocycles. The molecule has 11 nitrogen and oxygen atoms in total. The zero-order valence-corrected chi connectivity index (χ0v) is 49.3. The summed E-state index contributed by atoms with van der Waals surface area (Å²) in [6.45, 7) is 4.38. The summed E-state index contributed by atoms with van der Waals surface area (Å²) in [5, 5.41) is 9.82. The summed E-state index contributed by atoms with van der Waals surface area (Å²) < 4.78 is 39.6. The number of unbranched alkanes of at least 4 members (excludes halogenated alkanes) is 25. The molecular formula is C64H111O11P. The molecule has 0 aliphatic rings. The number of aliphatic hydroxyl groups excluding tert-OH is 1. The lowest BCUT2D eigenvalue weighted by Crippen LogP contribution is -2.30. The number of phosphoric acid groups is 1. The molecule has 438 valence electrons. The maximum Gasteiger partial charge on any atom is 0.472 e. The van der Waals surface area contributed by atoms with Crippen molar-refractivity contribution in [1.29, 1.82) is 0 Å². The molecule has 3 atom stereocenters. The monoisotopic (exact) mass is 1090 g/mol. The number of phosphoric ester groups is 1. The Balaban J connectivity index is 4.75. The molecule has 0 amide bonds. The van der Waals surface area contributed by atoms with Gasteiger partial charge >= 0.3 is 25.7 Å². The lowest BCUT2D eigenvalue weighted by Gasteiger charge is -2.21. The van der Waals surface area contributed by atoms with Gasteiger partial charge in [-0.05, 0) is 89.9 Å². The molecule has 0 aromatic heterocycles. The van der Waals surface area contributed by atoms with Crippen molar-refractivity contribution >= 4 is 25.7 Å². The number of rotatable bonds is 56. The van der Waals surface area contributed by atoms with Crippen molar-refractivity contribution in [3.05, 3.63) is 85.1 Å². The molecular weight excluding hydrogens is 976 g/mol. The summed E-state index contributed by atoms with van der Waals surface area (Å²) in [5.41, 5.74) is 0. The Morgan fingerprint density at radius 3 is 1.08 bits per heavy atom. The van der Waals surface area contributed by atoms with Gasteiger partial charge in [-0.1, -0.05) is 241 Å². The zero-order chi connectivity index (χ0) is 55.5. The van der Waals surface area contributed by atoms with E-state index in [-0.39, 0.29) is 25.9 Å². The Morgan fingerprint density at radius 2 is 0.684 bits per heavy atom. The topological polar surface area (TPSA) is 155 Å². The summed E-state index contributed by atoms with van der Waals surface area (Å²) in [4.78, 5) is 48.6. The molecule has 0 bridgehead atoms. The molecule has 3 unspecified atom stereocenters. The van der Waals surface area contributed by atoms with Gasteiger partial charge in [-0.15, -0.1) is 0 Å². The highest BCUT2D eigenvalue weighted by Gasteiger charge is 2.28. The van der Waals surface area contributed by atoms with Gasteiger partial charge in [-0.2, -0.15) is 0 Å². The van der Waals surface area contributed by atoms with Crippen molar-refractivity contribution in [1.82, 2.24) is 0 Å². The summed E-state index contributed by atoms with van der Waals surface area (Å²) >= 11 is 0. The van der Waals surface area contributed by atoms with Crippen LogP contribution in [-0.2, 0) is 42.2 Å². The van der Waals surface area contributed by atoms with Crippen molar-refractivity contribution < 1.29 is 52.2 Å². The van der Waals surface area contributed by atoms with Gasteiger partial charge in [0.25, 0.3) is 0 Å². The van der Waals surface area contributed by atoms with Crippen LogP contribution in [0.2, 0.25) is 0 Å². The van der Waals surface area contributed by atoms with Gasteiger partial charge < -0.3 is 24.2 Å². The molecule has 76 heavy (non-hydrogen) atoms. The highest BCUT2D eigenvalue weighted by atomic mass is 31.2. The van der Waals surface area contributed by atoms with Crippen molar-refractivity contribution in [3.63, 3.8) is 0 Å². The Hall–Kier alpha value is -3.34. The third-order valence-electron chi connectivity index (χ3n) is 12.8. The lowest BCUT2D eigenvalue weighted by molar-refractivity contribution is -0.161. The molecule has 0 saturated heterocycles. The maximum absolute atomic E-state index is 12.9. The van der Waals surface area contributed by atoms with Crippen LogP contribution in [-0.4, -0.2) is 66.5 Å². The highest BCUT2D eigenvalue weighted by molar-refractivity contribution is 7.47. The zero-order valence-electron chi connectivity index (χ0n) is 48.5. The molecule has 0 heterocycles. The van der Waals surface area contributed by atoms with E-state index in [1.165, 1.54) is 96.3 Å². The first-order valence-electron chi connectivity index (χ1n) is 30.5. The molecule has 12 heteroatoms. The smallest absolute Gasteiger partial charge is 0.462 e. The maximum atomic E-state index is 12.9. The predicted octanol–water partition coefficient (Wildman–Crippen LogP) is 18.3. The standard InChI is InChI=1S/C64H111O11P/c1-4-7-10-13-16-19-22-25-28-29-30-31-34-37-40-43-46-49-52-55-64(68)75-61(57-71-62(66)53-50-47-44-41-38-35-32-26-23-20-17-14-11-8-5-2)59-73-76(69,70)72-58-60(56-65)74-63(67)54-51-48-45-42-39-36-33-27-24-21-18-15-12-9-6-3/h8-9,11-12,17-18,20-21,26-27,32-33,39,42,60-61,65H,4-7,10,13-16,19,22-25,28-31,34-38,40-41,43-59H2,1-3H3,(H,69,70)/b11-8-,12-9-,20-17-,21-18-,32-26-,33-27-,42-39-. The molecule has 0 aromatic rings. The number of aliphatic hydroxyl groups is 1. The minimum absolute atomic E-state index is 0.122. The van der Waals surface area contributed by atoms with Crippen molar-refractivity contribution in [2.45, 2.75) is 277 Å². The predicted molar refractivity (Wildman–Crippen MR) is 316 cm³/mol. The van der Waals surface area contributed by atoms with Gasteiger partial charge in [0.05, 0.1) is 19.8 Å². The van der Waals surface area contributed by atoms with Gasteiger partial charge in [0.1, 0.15) is 12.7 Å². The van der Waals surface area contributed by atoms with Crippen LogP contribution in [0.3, 0.4) is 0 Å². The number of carbonyl (C=O) groups excluding carboxylic acids is 3. The quantitative estimate of drug-likeness (QED) is 0.0197. The average Bonchev–Trinajstić information content (AvgIpc) is 3.41. The van der Waals surface area contributed by atoms with Gasteiger partial charge in [0, 0.05) is 19.3 Å². The van der Waals surface area contributed by atoms with Crippen LogP contribution in [0, 0.1) is 0 Å². The van der Waals surface area contributed by atoms with Crippen molar-refractivity contribution in [2.75, 3.05) is 26.4 Å². The van der Waals surface area contributed by atoms with E-state index in [4.69, 9.17) is 23.3 Å². The summed E-state index contributed by atoms with van der Waals surface area (Å²) in [6.07, 6.45) is 66.9. The third-order valence-corrected chi connectivity index (χ3v) is 13.8. The fraction of sp³-hybridized carbons (Fsp3) is 0.734. The van der Waals surface area contributed by atoms with E-state index >= 15 is 0 Å². The SMILES string of the molecule is CC/C=C\C/C=C\C/C=C\C/C=C\CCCCC(=O)OC(CO)COP(=O)(O)OCC(COC(=O)CCCCCCC/C=C\C/C=C\C/C=C\CC)OC(=O)CCCCCCCCCCCCCCCCCCCCC. The molecule has 0 saturated carbocycles. The first kappa shape index (κ1) is 72.7. The summed E-state index contributed by atoms with van der Waals surface area (Å²) in [5.74, 6) is -1.52. The third kappa shape index (κ3) is 55.4. The molecule has 2 N–H and O–H groups in total. The number of carbonyl (C=O) groups is 3. The second-order valence-corrected chi connectivity index (χ2v) is 21.6. The molecule has 0 aromatic carbocycles. The second kappa shape index (κ2) is 57.8. The Morgan fingerprint density at radius 1 is 0.382 bits per heavy atom. The molecule has 0 aliphatic carbocycles. The number of allylic oxidation sites excluding steroid dienone is 14. The number of ether oxygens (including phenoxy) is 3. The van der Waals surface area contributed by atoms with E-state index in [9.17, 15) is 28.9 Å². The number of hydrogen-bond donors (Lipinski definition) is 2. The van der Waals surface area contributed by atoms with E-state index in [1.807, 2.05) is 0 Å². The molecule has 0 radical (unpaired) electrons. The van der Waals surface area contributed by atoms with Gasteiger partial charge in [-0.25, -0.2) is 4.57 Å². The number of hydrogen-bond acceptors (Lipinski definition) is 10. The van der Waals surface area contributed by atoms with Crippen LogP contribution in [0.5, 0.6) is 0 Å². The second-order valence-electron chi connectivity index (χ2n) is 20.1. The van der Waals surface area contributed by atoms with Crippen LogP contribution in [0.25, 0.3) is 0 Å². The van der Waals surface area contributed by atoms with E-state index < -0.39 is 57.8 Å². The van der Waals surface area contributed by atoms with Gasteiger partial charge in [0.2, 0.25) is 0 Å². The average molecular weight is 1090 g/mol. The Labute approximate surface area is 464 Å². The van der Waals surface area contributed by atoms with E-state index in [2.05, 4.69) is 106 Å². The normalized spacial score (nSPS) is 13.9. The van der Waals surface area contributed by atoms with E-state index in [0.29, 0.717) is 19.3 Å². The van der Waals surface area contributed by atoms with Crippen LogP contribution < -0.4 is 0 Å². The fourth-order valence-corrected chi connectivity index (χ4v) is 9.03. The first-order chi connectivity index (χ1) is 37.2. The Kier molecular flexibility index (Phi) is 55.3. The van der Waals surface area contributed by atoms with Crippen LogP contribution in [0.15, 0.2) is 85.1 Å². The van der Waals surface area contributed by atoms with E-state index in [0.717, 1.165) is 109 Å². The number of esters is 3. The van der Waals surface area contributed by atoms with Crippen LogP contribution in [0.1, 0.15) is 265 Å². The van der Waals surface area contributed by atoms with Gasteiger partial charge in [0.15, 0.2) is 6.10 Å². The molecule has 0 rings (SSSR count). The van der Waals surface area contributed by atoms with Crippen LogP contribution in [0.4, 0.5) is 0 Å². The van der Waals surface area contributed by atoms with Crippen molar-refractivity contribution in [2.24, 2.45) is 0 Å². The van der Waals surface area contributed by atoms with Gasteiger partial charge in [-0.3, -0.25) is 23.4 Å². The fourth-order valence-electron chi connectivity index (χ4n) is 8.25. The first-order valence-corrected chi connectivity index (χ1v) is 32.0. The van der Waals surface area contributed by atoms with Crippen molar-refractivity contribution in [3.8, 4) is 0 Å². The highest BCUT2D eigenvalue weighted by Crippen LogP contribution is 2.43. The minimum Gasteiger partial charge on any atom is -0.462 e. The lowest BCUT2D eigenvalue weighted by atomic mass is 10.0. The molecule has 0 fully saturated rings. The van der Waals surface area contributed by atoms with E-state index in [1.54, 1.807) is 0 Å². The summed E-state index contributed by atoms with van der Waals surface area (Å²) in [6, 6.07) is 0. The summed E-state index contributed by atoms with van der Waals surface area (Å²) in [7, 11) is -4.77. The molecule has 0 spiro atoms. The van der Waals surface area contributed by atoms with Crippen LogP contribution >= 0.6 is 7.82 Å². The minimum atomic E-state index is -4.77. The largest absolute Gasteiger partial charge is 0.472 e. The Bertz CT molecular complexity index is 1600.